The number of nitrogens with zero attached hydrogens (tertiary/aromatic N) is 3. The Morgan fingerprint density at radius 2 is 2.22 bits per heavy atom. The number of ether oxygens (including phenoxy) is 1. The molecule has 1 saturated carbocycles. The van der Waals surface area contributed by atoms with Crippen LogP contribution in [0.25, 0.3) is 11.3 Å². The van der Waals surface area contributed by atoms with Crippen molar-refractivity contribution in [3.63, 3.8) is 0 Å². The van der Waals surface area contributed by atoms with Crippen molar-refractivity contribution in [3.05, 3.63) is 71.8 Å². The first kappa shape index (κ1) is 20.8. The van der Waals surface area contributed by atoms with E-state index in [1.165, 1.54) is 22.4 Å². The number of H-pyrrole nitrogens is 1. The van der Waals surface area contributed by atoms with Crippen molar-refractivity contribution in [3.8, 4) is 17.0 Å². The van der Waals surface area contributed by atoms with E-state index in [0.717, 1.165) is 61.5 Å². The molecular weight excluding hydrogens is 398 g/mol. The maximum Gasteiger partial charge on any atom is 0.125 e. The first-order chi connectivity index (χ1) is 15.6. The largest absolute Gasteiger partial charge is 0.490 e. The molecular formula is C26H31N5O. The molecule has 6 heteroatoms. The number of aliphatic imine (C=N–C) groups is 1. The third-order valence-electron chi connectivity index (χ3n) is 6.88. The van der Waals surface area contributed by atoms with Gasteiger partial charge in [-0.15, -0.1) is 0 Å². The van der Waals surface area contributed by atoms with Crippen molar-refractivity contribution in [1.82, 2.24) is 20.1 Å². The fraction of sp³-hybridized carbons (Fsp3) is 0.385. The molecule has 5 rings (SSSR count). The molecule has 2 N–H and O–H groups in total. The minimum absolute atomic E-state index is 0.219. The van der Waals surface area contributed by atoms with Crippen molar-refractivity contribution >= 4 is 5.71 Å². The minimum atomic E-state index is 0.219. The van der Waals surface area contributed by atoms with E-state index in [1.807, 2.05) is 13.0 Å². The molecule has 0 unspecified atom stereocenters. The van der Waals surface area contributed by atoms with E-state index in [2.05, 4.69) is 63.0 Å². The molecule has 0 saturated heterocycles. The summed E-state index contributed by atoms with van der Waals surface area (Å²) in [5, 5.41) is 10.7. The van der Waals surface area contributed by atoms with Gasteiger partial charge in [0, 0.05) is 65.7 Å². The molecule has 3 aromatic rings. The van der Waals surface area contributed by atoms with Gasteiger partial charge in [-0.1, -0.05) is 6.58 Å². The topological polar surface area (TPSA) is 67.2 Å². The molecule has 1 aromatic carbocycles. The lowest BCUT2D eigenvalue weighted by atomic mass is 9.96. The van der Waals surface area contributed by atoms with Crippen LogP contribution >= 0.6 is 0 Å². The van der Waals surface area contributed by atoms with Gasteiger partial charge in [0.05, 0.1) is 5.69 Å². The SMILES string of the molecule is C=C/N=C(/C)c1ccn([C@H]2CC[C@@H](Oc3cc(-c4ccn[nH]4)cc4c3CNCC4)C2)c1C. The van der Waals surface area contributed by atoms with Gasteiger partial charge in [0.1, 0.15) is 11.9 Å². The lowest BCUT2D eigenvalue weighted by Gasteiger charge is -2.24. The summed E-state index contributed by atoms with van der Waals surface area (Å²) >= 11 is 0. The number of rotatable bonds is 6. The van der Waals surface area contributed by atoms with Crippen LogP contribution in [0.4, 0.5) is 0 Å². The molecule has 0 amide bonds. The van der Waals surface area contributed by atoms with Crippen LogP contribution in [-0.4, -0.2) is 33.1 Å². The Bertz CT molecular complexity index is 1140. The molecule has 166 valence electrons. The Morgan fingerprint density at radius 1 is 1.31 bits per heavy atom. The Balaban J connectivity index is 1.37. The highest BCUT2D eigenvalue weighted by atomic mass is 16.5. The molecule has 6 nitrogen and oxygen atoms in total. The monoisotopic (exact) mass is 429 g/mol. The van der Waals surface area contributed by atoms with E-state index >= 15 is 0 Å². The van der Waals surface area contributed by atoms with E-state index < -0.39 is 0 Å². The number of hydrogen-bond acceptors (Lipinski definition) is 4. The third kappa shape index (κ3) is 3.91. The van der Waals surface area contributed by atoms with Crippen LogP contribution in [0.3, 0.4) is 0 Å². The van der Waals surface area contributed by atoms with Gasteiger partial charge in [0.2, 0.25) is 0 Å². The highest BCUT2D eigenvalue weighted by Gasteiger charge is 2.30. The van der Waals surface area contributed by atoms with Gasteiger partial charge in [-0.05, 0) is 69.5 Å². The lowest BCUT2D eigenvalue weighted by Crippen LogP contribution is -2.25. The highest BCUT2D eigenvalue weighted by molar-refractivity contribution is 6.00. The summed E-state index contributed by atoms with van der Waals surface area (Å²) in [6.45, 7) is 9.82. The van der Waals surface area contributed by atoms with Crippen LogP contribution in [0.1, 0.15) is 54.6 Å². The van der Waals surface area contributed by atoms with Crippen LogP contribution in [0.2, 0.25) is 0 Å². The van der Waals surface area contributed by atoms with Gasteiger partial charge in [-0.25, -0.2) is 0 Å². The Hall–Kier alpha value is -3.12. The summed E-state index contributed by atoms with van der Waals surface area (Å²) in [6, 6.07) is 9.10. The van der Waals surface area contributed by atoms with E-state index in [1.54, 1.807) is 12.4 Å². The molecule has 2 atom stereocenters. The summed E-state index contributed by atoms with van der Waals surface area (Å²) in [5.74, 6) is 1.02. The number of aromatic amines is 1. The Morgan fingerprint density at radius 3 is 3.03 bits per heavy atom. The summed E-state index contributed by atoms with van der Waals surface area (Å²) in [4.78, 5) is 4.37. The van der Waals surface area contributed by atoms with Gasteiger partial charge < -0.3 is 14.6 Å². The van der Waals surface area contributed by atoms with Crippen LogP contribution in [0, 0.1) is 6.92 Å². The molecule has 2 aromatic heterocycles. The van der Waals surface area contributed by atoms with Crippen LogP contribution in [0.5, 0.6) is 5.75 Å². The molecule has 3 heterocycles. The van der Waals surface area contributed by atoms with Crippen molar-refractivity contribution < 1.29 is 4.74 Å². The van der Waals surface area contributed by atoms with Crippen LogP contribution in [-0.2, 0) is 13.0 Å². The number of fused-ring (bicyclic) bond motifs is 1. The molecule has 1 aliphatic heterocycles. The molecule has 1 aliphatic carbocycles. The molecule has 2 aliphatic rings. The van der Waals surface area contributed by atoms with Crippen molar-refractivity contribution in [2.45, 2.75) is 58.2 Å². The maximum absolute atomic E-state index is 6.67. The lowest BCUT2D eigenvalue weighted by molar-refractivity contribution is 0.201. The molecule has 1 fully saturated rings. The summed E-state index contributed by atoms with van der Waals surface area (Å²) < 4.78 is 9.07. The minimum Gasteiger partial charge on any atom is -0.490 e. The summed E-state index contributed by atoms with van der Waals surface area (Å²) in [6.07, 6.45) is 10.1. The second kappa shape index (κ2) is 8.79. The first-order valence-corrected chi connectivity index (χ1v) is 11.5. The van der Waals surface area contributed by atoms with Gasteiger partial charge in [-0.3, -0.25) is 10.1 Å². The zero-order valence-electron chi connectivity index (χ0n) is 18.9. The maximum atomic E-state index is 6.67. The molecule has 0 bridgehead atoms. The zero-order valence-corrected chi connectivity index (χ0v) is 18.9. The number of benzene rings is 1. The van der Waals surface area contributed by atoms with Crippen molar-refractivity contribution in [1.29, 1.82) is 0 Å². The average molecular weight is 430 g/mol. The van der Waals surface area contributed by atoms with Crippen molar-refractivity contribution in [2.24, 2.45) is 4.99 Å². The van der Waals surface area contributed by atoms with Gasteiger partial charge in [-0.2, -0.15) is 5.10 Å². The normalized spacial score (nSPS) is 20.9. The van der Waals surface area contributed by atoms with Crippen LogP contribution in [0.15, 0.2) is 54.4 Å². The highest BCUT2D eigenvalue weighted by Crippen LogP contribution is 2.38. The molecule has 0 radical (unpaired) electrons. The van der Waals surface area contributed by atoms with E-state index in [9.17, 15) is 0 Å². The van der Waals surface area contributed by atoms with Crippen molar-refractivity contribution in [2.75, 3.05) is 6.54 Å². The first-order valence-electron chi connectivity index (χ1n) is 11.5. The standard InChI is InChI=1S/C26H31N5O/c1-4-28-17(2)23-9-12-31(18(23)3)21-5-6-22(15-21)32-26-14-20(25-8-11-29-30-25)13-19-7-10-27-16-24(19)26/h4,8-9,11-14,21-22,27H,1,5-7,10,15-16H2,2-3H3,(H,29,30)/b28-17-/t21-,22+/m0/s1. The quantitative estimate of drug-likeness (QED) is 0.545. The fourth-order valence-electron chi connectivity index (χ4n) is 5.21. The zero-order chi connectivity index (χ0) is 22.1. The predicted octanol–water partition coefficient (Wildman–Crippen LogP) is 4.96. The van der Waals surface area contributed by atoms with Gasteiger partial charge in [0.15, 0.2) is 0 Å². The Kier molecular flexibility index (Phi) is 5.70. The number of hydrogen-bond donors (Lipinski definition) is 2. The second-order valence-electron chi connectivity index (χ2n) is 8.84. The summed E-state index contributed by atoms with van der Waals surface area (Å²) in [7, 11) is 0. The average Bonchev–Trinajstić information content (AvgIpc) is 3.55. The molecule has 32 heavy (non-hydrogen) atoms. The second-order valence-corrected chi connectivity index (χ2v) is 8.84. The van der Waals surface area contributed by atoms with E-state index in [-0.39, 0.29) is 6.10 Å². The third-order valence-corrected chi connectivity index (χ3v) is 6.88. The van der Waals surface area contributed by atoms with Gasteiger partial charge >= 0.3 is 0 Å². The fourth-order valence-corrected chi connectivity index (χ4v) is 5.21. The number of nitrogens with one attached hydrogen (secondary N) is 2. The molecule has 0 spiro atoms. The predicted molar refractivity (Wildman–Crippen MR) is 128 cm³/mol. The van der Waals surface area contributed by atoms with E-state index in [0.29, 0.717) is 6.04 Å². The van der Waals surface area contributed by atoms with Gasteiger partial charge in [0.25, 0.3) is 0 Å². The van der Waals surface area contributed by atoms with Crippen LogP contribution < -0.4 is 10.1 Å². The smallest absolute Gasteiger partial charge is 0.125 e. The summed E-state index contributed by atoms with van der Waals surface area (Å²) in [5.41, 5.74) is 8.34. The Labute approximate surface area is 189 Å². The van der Waals surface area contributed by atoms with E-state index in [4.69, 9.17) is 4.74 Å². The number of aromatic nitrogens is 3.